The number of hydrogen-bond donors (Lipinski definition) is 1. The Balaban J connectivity index is 2.53. The summed E-state index contributed by atoms with van der Waals surface area (Å²) >= 11 is 0. The molecule has 6 nitrogen and oxygen atoms in total. The number of nitrogens with two attached hydrogens (primary N) is 1. The van der Waals surface area contributed by atoms with Gasteiger partial charge >= 0.3 is 5.97 Å². The van der Waals surface area contributed by atoms with Crippen LogP contribution in [0.15, 0.2) is 18.3 Å². The lowest BCUT2D eigenvalue weighted by Crippen LogP contribution is -2.08. The Bertz CT molecular complexity index is 562. The van der Waals surface area contributed by atoms with E-state index in [9.17, 15) is 4.79 Å². The highest BCUT2D eigenvalue weighted by Crippen LogP contribution is 2.19. The fourth-order valence-corrected chi connectivity index (χ4v) is 1.51. The number of carbonyl (C=O) groups is 1. The van der Waals surface area contributed by atoms with Crippen molar-refractivity contribution in [1.29, 1.82) is 0 Å². The van der Waals surface area contributed by atoms with Crippen LogP contribution in [0.5, 0.6) is 5.75 Å². The molecule has 0 aliphatic carbocycles. The molecule has 90 valence electrons. The lowest BCUT2D eigenvalue weighted by Gasteiger charge is -2.01. The molecule has 0 radical (unpaired) electrons. The summed E-state index contributed by atoms with van der Waals surface area (Å²) in [5, 5.41) is 0. The topological polar surface area (TPSA) is 78.8 Å². The van der Waals surface area contributed by atoms with E-state index < -0.39 is 5.97 Å². The molecule has 0 aromatic carbocycles. The first kappa shape index (κ1) is 11.3. The van der Waals surface area contributed by atoms with Gasteiger partial charge in [-0.3, -0.25) is 4.40 Å². The minimum atomic E-state index is -0.521. The van der Waals surface area contributed by atoms with Crippen molar-refractivity contribution < 1.29 is 14.3 Å². The third-order valence-electron chi connectivity index (χ3n) is 2.33. The van der Waals surface area contributed by atoms with Gasteiger partial charge in [-0.2, -0.15) is 0 Å². The Morgan fingerprint density at radius 2 is 2.29 bits per heavy atom. The number of esters is 1. The summed E-state index contributed by atoms with van der Waals surface area (Å²) in [5.41, 5.74) is 6.54. The maximum atomic E-state index is 11.6. The second kappa shape index (κ2) is 4.32. The molecule has 0 bridgehead atoms. The van der Waals surface area contributed by atoms with Crippen LogP contribution in [-0.2, 0) is 4.74 Å². The number of hydrogen-bond acceptors (Lipinski definition) is 5. The number of pyridine rings is 1. The van der Waals surface area contributed by atoms with Crippen molar-refractivity contribution in [3.8, 4) is 5.75 Å². The van der Waals surface area contributed by atoms with Gasteiger partial charge in [0.05, 0.1) is 19.9 Å². The number of fused-ring (bicyclic) bond motifs is 1. The fourth-order valence-electron chi connectivity index (χ4n) is 1.51. The highest BCUT2D eigenvalue weighted by Gasteiger charge is 2.17. The van der Waals surface area contributed by atoms with Gasteiger partial charge in [-0.05, 0) is 19.1 Å². The summed E-state index contributed by atoms with van der Waals surface area (Å²) in [6, 6.07) is 3.47. The molecule has 0 aliphatic heterocycles. The molecule has 0 unspecified atom stereocenters. The normalized spacial score (nSPS) is 10.5. The van der Waals surface area contributed by atoms with Crippen LogP contribution in [0.2, 0.25) is 0 Å². The third-order valence-corrected chi connectivity index (χ3v) is 2.33. The monoisotopic (exact) mass is 235 g/mol. The third kappa shape index (κ3) is 1.89. The van der Waals surface area contributed by atoms with E-state index in [-0.39, 0.29) is 18.1 Å². The van der Waals surface area contributed by atoms with Crippen molar-refractivity contribution in [2.45, 2.75) is 6.92 Å². The molecule has 0 saturated carbocycles. The van der Waals surface area contributed by atoms with Crippen LogP contribution in [-0.4, -0.2) is 29.1 Å². The molecule has 2 rings (SSSR count). The minimum Gasteiger partial charge on any atom is -0.495 e. The summed E-state index contributed by atoms with van der Waals surface area (Å²) in [7, 11) is 1.56. The molecule has 0 atom stereocenters. The predicted octanol–water partition coefficient (Wildman–Crippen LogP) is 1.10. The van der Waals surface area contributed by atoms with E-state index >= 15 is 0 Å². The number of nitrogens with zero attached hydrogens (tertiary/aromatic N) is 2. The van der Waals surface area contributed by atoms with Crippen LogP contribution in [0.3, 0.4) is 0 Å². The van der Waals surface area contributed by atoms with Crippen molar-refractivity contribution in [3.05, 3.63) is 24.0 Å². The first-order chi connectivity index (χ1) is 8.17. The maximum Gasteiger partial charge on any atom is 0.360 e. The molecule has 2 N–H and O–H groups in total. The Kier molecular flexibility index (Phi) is 2.86. The van der Waals surface area contributed by atoms with Gasteiger partial charge in [0.15, 0.2) is 5.69 Å². The predicted molar refractivity (Wildman–Crippen MR) is 62.1 cm³/mol. The van der Waals surface area contributed by atoms with E-state index in [0.717, 1.165) is 0 Å². The van der Waals surface area contributed by atoms with Crippen molar-refractivity contribution in [2.24, 2.45) is 0 Å². The highest BCUT2D eigenvalue weighted by molar-refractivity contribution is 5.93. The Morgan fingerprint density at radius 1 is 1.53 bits per heavy atom. The van der Waals surface area contributed by atoms with Crippen LogP contribution in [0.4, 0.5) is 5.82 Å². The molecule has 2 aromatic heterocycles. The quantitative estimate of drug-likeness (QED) is 0.806. The van der Waals surface area contributed by atoms with Gasteiger partial charge in [0, 0.05) is 0 Å². The molecular formula is C11H13N3O3. The Labute approximate surface area is 98.0 Å². The second-order valence-corrected chi connectivity index (χ2v) is 3.36. The number of nitrogen functional groups attached to an aromatic ring is 1. The Morgan fingerprint density at radius 3 is 2.94 bits per heavy atom. The molecular weight excluding hydrogens is 222 g/mol. The van der Waals surface area contributed by atoms with E-state index in [1.807, 2.05) is 0 Å². The standard InChI is InChI=1S/C11H13N3O3/c1-3-17-11(15)9-10(12)14-6-7(16-2)4-5-8(14)13-9/h4-6H,3,12H2,1-2H3. The van der Waals surface area contributed by atoms with Gasteiger partial charge in [0.2, 0.25) is 0 Å². The van der Waals surface area contributed by atoms with E-state index in [2.05, 4.69) is 4.98 Å². The van der Waals surface area contributed by atoms with Crippen LogP contribution in [0, 0.1) is 0 Å². The molecule has 0 aliphatic rings. The molecule has 0 spiro atoms. The van der Waals surface area contributed by atoms with E-state index in [4.69, 9.17) is 15.2 Å². The first-order valence-corrected chi connectivity index (χ1v) is 5.16. The van der Waals surface area contributed by atoms with Gasteiger partial charge in [-0.15, -0.1) is 0 Å². The van der Waals surface area contributed by atoms with Crippen molar-refractivity contribution in [3.63, 3.8) is 0 Å². The van der Waals surface area contributed by atoms with Crippen molar-refractivity contribution in [1.82, 2.24) is 9.38 Å². The summed E-state index contributed by atoms with van der Waals surface area (Å²) < 4.78 is 11.5. The van der Waals surface area contributed by atoms with Gasteiger partial charge < -0.3 is 15.2 Å². The lowest BCUT2D eigenvalue weighted by atomic mass is 10.4. The molecule has 6 heteroatoms. The summed E-state index contributed by atoms with van der Waals surface area (Å²) in [6.45, 7) is 2.02. The van der Waals surface area contributed by atoms with Crippen LogP contribution >= 0.6 is 0 Å². The number of anilines is 1. The smallest absolute Gasteiger partial charge is 0.360 e. The molecule has 0 saturated heterocycles. The van der Waals surface area contributed by atoms with Crippen molar-refractivity contribution in [2.75, 3.05) is 19.5 Å². The zero-order chi connectivity index (χ0) is 12.4. The SMILES string of the molecule is CCOC(=O)c1nc2ccc(OC)cn2c1N. The highest BCUT2D eigenvalue weighted by atomic mass is 16.5. The van der Waals surface area contributed by atoms with Crippen molar-refractivity contribution >= 4 is 17.4 Å². The minimum absolute atomic E-state index is 0.125. The molecule has 0 fully saturated rings. The van der Waals surface area contributed by atoms with E-state index in [0.29, 0.717) is 11.4 Å². The number of methoxy groups -OCH3 is 1. The van der Waals surface area contributed by atoms with Gasteiger partial charge in [-0.25, -0.2) is 9.78 Å². The zero-order valence-corrected chi connectivity index (χ0v) is 9.64. The molecule has 0 amide bonds. The zero-order valence-electron chi connectivity index (χ0n) is 9.64. The number of imidazole rings is 1. The number of carbonyl (C=O) groups excluding carboxylic acids is 1. The maximum absolute atomic E-state index is 11.6. The van der Waals surface area contributed by atoms with Gasteiger partial charge in [0.1, 0.15) is 17.2 Å². The number of rotatable bonds is 3. The van der Waals surface area contributed by atoms with E-state index in [1.165, 1.54) is 0 Å². The Hall–Kier alpha value is -2.24. The second-order valence-electron chi connectivity index (χ2n) is 3.36. The van der Waals surface area contributed by atoms with Crippen LogP contribution in [0.25, 0.3) is 5.65 Å². The largest absolute Gasteiger partial charge is 0.495 e. The van der Waals surface area contributed by atoms with Gasteiger partial charge in [-0.1, -0.05) is 0 Å². The fraction of sp³-hybridized carbons (Fsp3) is 0.273. The van der Waals surface area contributed by atoms with Crippen LogP contribution in [0.1, 0.15) is 17.4 Å². The van der Waals surface area contributed by atoms with Gasteiger partial charge in [0.25, 0.3) is 0 Å². The molecule has 17 heavy (non-hydrogen) atoms. The average Bonchev–Trinajstić information content (AvgIpc) is 2.67. The first-order valence-electron chi connectivity index (χ1n) is 5.16. The van der Waals surface area contributed by atoms with Crippen LogP contribution < -0.4 is 10.5 Å². The summed E-state index contributed by atoms with van der Waals surface area (Å²) in [4.78, 5) is 15.7. The summed E-state index contributed by atoms with van der Waals surface area (Å²) in [6.07, 6.45) is 1.67. The van der Waals surface area contributed by atoms with E-state index in [1.54, 1.807) is 36.8 Å². The molecule has 2 heterocycles. The summed E-state index contributed by atoms with van der Waals surface area (Å²) in [5.74, 6) is 0.363. The lowest BCUT2D eigenvalue weighted by molar-refractivity contribution is 0.0521. The number of ether oxygens (including phenoxy) is 2. The average molecular weight is 235 g/mol. The molecule has 2 aromatic rings. The number of aromatic nitrogens is 2.